The number of aromatic nitrogens is 2. The van der Waals surface area contributed by atoms with Crippen molar-refractivity contribution in [2.75, 3.05) is 5.32 Å². The van der Waals surface area contributed by atoms with Crippen LogP contribution in [0.4, 0.5) is 10.5 Å². The molecule has 3 aromatic rings. The molecule has 0 aliphatic rings. The predicted octanol–water partition coefficient (Wildman–Crippen LogP) is 5.09. The summed E-state index contributed by atoms with van der Waals surface area (Å²) >= 11 is 3.48. The van der Waals surface area contributed by atoms with Crippen molar-refractivity contribution in [3.63, 3.8) is 0 Å². The van der Waals surface area contributed by atoms with Gasteiger partial charge in [0.15, 0.2) is 0 Å². The third-order valence-corrected chi connectivity index (χ3v) is 4.61. The molecule has 1 aromatic heterocycles. The van der Waals surface area contributed by atoms with E-state index in [-0.39, 0.29) is 12.1 Å². The first kappa shape index (κ1) is 18.1. The summed E-state index contributed by atoms with van der Waals surface area (Å²) in [5.41, 5.74) is 2.34. The number of rotatable bonds is 5. The van der Waals surface area contributed by atoms with Crippen molar-refractivity contribution in [3.05, 3.63) is 53.0 Å². The second-order valence-electron chi connectivity index (χ2n) is 5.89. The van der Waals surface area contributed by atoms with E-state index in [4.69, 9.17) is 4.52 Å². The van der Waals surface area contributed by atoms with E-state index in [1.165, 1.54) is 0 Å². The number of amides is 2. The van der Waals surface area contributed by atoms with Crippen LogP contribution in [0, 0.1) is 0 Å². The number of urea groups is 1. The second kappa shape index (κ2) is 8.14. The largest absolute Gasteiger partial charge is 0.335 e. The zero-order chi connectivity index (χ0) is 18.5. The van der Waals surface area contributed by atoms with Crippen molar-refractivity contribution < 1.29 is 9.32 Å². The van der Waals surface area contributed by atoms with Gasteiger partial charge < -0.3 is 15.2 Å². The monoisotopic (exact) mass is 414 g/mol. The molecule has 2 amide bonds. The Morgan fingerprint density at radius 2 is 1.92 bits per heavy atom. The van der Waals surface area contributed by atoms with E-state index >= 15 is 0 Å². The van der Waals surface area contributed by atoms with E-state index in [0.29, 0.717) is 17.4 Å². The van der Waals surface area contributed by atoms with E-state index in [1.54, 1.807) is 12.1 Å². The van der Waals surface area contributed by atoms with Gasteiger partial charge in [0.05, 0.1) is 5.56 Å². The lowest BCUT2D eigenvalue weighted by Gasteiger charge is -2.12. The Kier molecular flexibility index (Phi) is 5.68. The van der Waals surface area contributed by atoms with Gasteiger partial charge in [0.1, 0.15) is 0 Å². The molecule has 0 aliphatic heterocycles. The molecular weight excluding hydrogens is 396 g/mol. The fourth-order valence-corrected chi connectivity index (χ4v) is 2.73. The van der Waals surface area contributed by atoms with Crippen LogP contribution in [-0.2, 0) is 0 Å². The lowest BCUT2D eigenvalue weighted by atomic mass is 10.2. The topological polar surface area (TPSA) is 80.0 Å². The average molecular weight is 415 g/mol. The first-order chi connectivity index (χ1) is 12.6. The summed E-state index contributed by atoms with van der Waals surface area (Å²) in [6, 6.07) is 14.9. The number of hydrogen-bond acceptors (Lipinski definition) is 4. The Balaban J connectivity index is 1.71. The maximum Gasteiger partial charge on any atom is 0.319 e. The first-order valence-corrected chi connectivity index (χ1v) is 9.12. The van der Waals surface area contributed by atoms with Crippen molar-refractivity contribution in [2.45, 2.75) is 26.3 Å². The number of carbonyl (C=O) groups excluding carboxylic acids is 1. The van der Waals surface area contributed by atoms with E-state index in [0.717, 1.165) is 22.0 Å². The molecule has 2 aromatic carbocycles. The van der Waals surface area contributed by atoms with Crippen LogP contribution in [0.15, 0.2) is 57.5 Å². The molecule has 134 valence electrons. The van der Waals surface area contributed by atoms with Crippen LogP contribution >= 0.6 is 15.9 Å². The lowest BCUT2D eigenvalue weighted by molar-refractivity contribution is 0.249. The highest BCUT2D eigenvalue weighted by Crippen LogP contribution is 2.28. The molecule has 0 unspecified atom stereocenters. The molecule has 0 bridgehead atoms. The molecular formula is C19H19BrN4O2. The predicted molar refractivity (Wildman–Crippen MR) is 105 cm³/mol. The Bertz CT molecular complexity index is 893. The minimum Gasteiger partial charge on any atom is -0.335 e. The lowest BCUT2D eigenvalue weighted by Crippen LogP contribution is -2.35. The van der Waals surface area contributed by atoms with Crippen LogP contribution in [-0.4, -0.2) is 22.2 Å². The second-order valence-corrected chi connectivity index (χ2v) is 6.74. The van der Waals surface area contributed by atoms with Gasteiger partial charge in [-0.05, 0) is 65.7 Å². The van der Waals surface area contributed by atoms with Crippen molar-refractivity contribution >= 4 is 27.6 Å². The molecule has 7 heteroatoms. The smallest absolute Gasteiger partial charge is 0.319 e. The highest BCUT2D eigenvalue weighted by atomic mass is 79.9. The molecule has 0 saturated heterocycles. The number of halogens is 1. The van der Waals surface area contributed by atoms with Gasteiger partial charge in [-0.25, -0.2) is 4.79 Å². The summed E-state index contributed by atoms with van der Waals surface area (Å²) in [5, 5.41) is 9.70. The van der Waals surface area contributed by atoms with Crippen LogP contribution in [0.3, 0.4) is 0 Å². The molecule has 3 rings (SSSR count). The fourth-order valence-electron chi connectivity index (χ4n) is 2.28. The van der Waals surface area contributed by atoms with Gasteiger partial charge in [-0.3, -0.25) is 0 Å². The minimum absolute atomic E-state index is 0.129. The van der Waals surface area contributed by atoms with E-state index in [1.807, 2.05) is 50.2 Å². The molecule has 2 N–H and O–H groups in total. The van der Waals surface area contributed by atoms with Crippen LogP contribution in [0.2, 0.25) is 0 Å². The number of hydrogen-bond donors (Lipinski definition) is 2. The van der Waals surface area contributed by atoms with Gasteiger partial charge in [0.25, 0.3) is 5.89 Å². The fraction of sp³-hybridized carbons (Fsp3) is 0.211. The van der Waals surface area contributed by atoms with Crippen LogP contribution in [0.5, 0.6) is 0 Å². The maximum absolute atomic E-state index is 11.9. The van der Waals surface area contributed by atoms with Crippen molar-refractivity contribution in [3.8, 4) is 22.8 Å². The number of nitrogens with one attached hydrogen (secondary N) is 2. The molecule has 0 fully saturated rings. The normalized spacial score (nSPS) is 11.8. The quantitative estimate of drug-likeness (QED) is 0.609. The summed E-state index contributed by atoms with van der Waals surface area (Å²) in [5.74, 6) is 0.939. The average Bonchev–Trinajstić information content (AvgIpc) is 3.12. The molecule has 0 aliphatic carbocycles. The van der Waals surface area contributed by atoms with E-state index in [2.05, 4.69) is 36.7 Å². The van der Waals surface area contributed by atoms with Gasteiger partial charge in [0, 0.05) is 21.8 Å². The number of anilines is 1. The molecule has 0 saturated carbocycles. The van der Waals surface area contributed by atoms with E-state index < -0.39 is 0 Å². The Labute approximate surface area is 160 Å². The highest BCUT2D eigenvalue weighted by molar-refractivity contribution is 9.10. The minimum atomic E-state index is -0.220. The Morgan fingerprint density at radius 3 is 2.62 bits per heavy atom. The van der Waals surface area contributed by atoms with Crippen LogP contribution < -0.4 is 10.6 Å². The molecule has 1 atom stereocenters. The molecule has 6 nitrogen and oxygen atoms in total. The van der Waals surface area contributed by atoms with Crippen LogP contribution in [0.1, 0.15) is 20.3 Å². The molecule has 1 heterocycles. The van der Waals surface area contributed by atoms with Crippen molar-refractivity contribution in [2.24, 2.45) is 0 Å². The molecule has 0 radical (unpaired) electrons. The highest BCUT2D eigenvalue weighted by Gasteiger charge is 2.13. The summed E-state index contributed by atoms with van der Waals surface area (Å²) < 4.78 is 6.26. The summed E-state index contributed by atoms with van der Waals surface area (Å²) in [4.78, 5) is 16.3. The number of nitrogens with zero attached hydrogens (tertiary/aromatic N) is 2. The van der Waals surface area contributed by atoms with Gasteiger partial charge >= 0.3 is 6.03 Å². The molecule has 26 heavy (non-hydrogen) atoms. The third kappa shape index (κ3) is 4.29. The Morgan fingerprint density at radius 1 is 1.19 bits per heavy atom. The zero-order valence-electron chi connectivity index (χ0n) is 14.5. The first-order valence-electron chi connectivity index (χ1n) is 8.33. The Hall–Kier alpha value is -2.67. The molecule has 0 spiro atoms. The summed E-state index contributed by atoms with van der Waals surface area (Å²) in [6.45, 7) is 3.98. The van der Waals surface area contributed by atoms with Crippen molar-refractivity contribution in [1.82, 2.24) is 15.5 Å². The van der Waals surface area contributed by atoms with E-state index in [9.17, 15) is 4.79 Å². The number of benzene rings is 2. The third-order valence-electron chi connectivity index (χ3n) is 3.92. The summed E-state index contributed by atoms with van der Waals surface area (Å²) in [6.07, 6.45) is 0.879. The number of carbonyl (C=O) groups is 1. The standard InChI is InChI=1S/C19H19BrN4O2/c1-3-12(2)21-19(25)22-14-10-8-13(9-11-14)17-23-18(26-24-17)15-6-4-5-7-16(15)20/h4-12H,3H2,1-2H3,(H2,21,22,25)/t12-/m1/s1. The van der Waals surface area contributed by atoms with Gasteiger partial charge in [-0.2, -0.15) is 4.98 Å². The maximum atomic E-state index is 11.9. The zero-order valence-corrected chi connectivity index (χ0v) is 16.1. The van der Waals surface area contributed by atoms with Crippen LogP contribution in [0.25, 0.3) is 22.8 Å². The van der Waals surface area contributed by atoms with Gasteiger partial charge in [0.2, 0.25) is 5.82 Å². The van der Waals surface area contributed by atoms with Crippen molar-refractivity contribution in [1.29, 1.82) is 0 Å². The van der Waals surface area contributed by atoms with Gasteiger partial charge in [-0.15, -0.1) is 0 Å². The van der Waals surface area contributed by atoms with Gasteiger partial charge in [-0.1, -0.05) is 24.2 Å². The summed E-state index contributed by atoms with van der Waals surface area (Å²) in [7, 11) is 0. The SMILES string of the molecule is CC[C@@H](C)NC(=O)Nc1ccc(-c2noc(-c3ccccc3Br)n2)cc1.